The van der Waals surface area contributed by atoms with E-state index in [1.54, 1.807) is 59.7 Å². The monoisotopic (exact) mass is 396 g/mol. The van der Waals surface area contributed by atoms with E-state index in [2.05, 4.69) is 22.2 Å². The number of carbonyl (C=O) groups excluding carboxylic acids is 1. The Hall–Kier alpha value is -3.39. The molecule has 144 valence electrons. The Labute approximate surface area is 163 Å². The number of amides is 2. The highest BCUT2D eigenvalue weighted by molar-refractivity contribution is 7.91. The van der Waals surface area contributed by atoms with Crippen molar-refractivity contribution in [2.75, 3.05) is 5.32 Å². The van der Waals surface area contributed by atoms with Gasteiger partial charge in [0, 0.05) is 37.0 Å². The highest BCUT2D eigenvalue weighted by atomic mass is 32.2. The average Bonchev–Trinajstić information content (AvgIpc) is 3.22. The Morgan fingerprint density at radius 2 is 1.86 bits per heavy atom. The van der Waals surface area contributed by atoms with Gasteiger partial charge in [-0.05, 0) is 48.0 Å². The molecule has 2 aromatic heterocycles. The first kappa shape index (κ1) is 19.4. The smallest absolute Gasteiger partial charge is 0.319 e. The fourth-order valence-corrected chi connectivity index (χ4v) is 4.16. The van der Waals surface area contributed by atoms with E-state index in [4.69, 9.17) is 0 Å². The SMILES string of the molecule is C=CC(n1cccc1)S(=O)(=O)c1ccc(NC(=O)NCc2cccnc2)cc1. The fraction of sp³-hybridized carbons (Fsp3) is 0.100. The molecule has 3 rings (SSSR count). The zero-order chi connectivity index (χ0) is 20.0. The van der Waals surface area contributed by atoms with Gasteiger partial charge in [0.05, 0.1) is 4.90 Å². The fourth-order valence-electron chi connectivity index (χ4n) is 2.65. The molecule has 1 aromatic carbocycles. The van der Waals surface area contributed by atoms with E-state index >= 15 is 0 Å². The molecule has 0 bridgehead atoms. The van der Waals surface area contributed by atoms with Gasteiger partial charge in [0.25, 0.3) is 0 Å². The number of rotatable bonds is 7. The molecular formula is C20H20N4O3S. The number of nitrogens with one attached hydrogen (secondary N) is 2. The van der Waals surface area contributed by atoms with Crippen molar-refractivity contribution in [1.82, 2.24) is 14.9 Å². The molecule has 1 atom stereocenters. The number of hydrogen-bond acceptors (Lipinski definition) is 4. The van der Waals surface area contributed by atoms with Crippen molar-refractivity contribution in [3.8, 4) is 0 Å². The molecule has 2 N–H and O–H groups in total. The molecule has 1 unspecified atom stereocenters. The van der Waals surface area contributed by atoms with Crippen molar-refractivity contribution in [2.24, 2.45) is 0 Å². The summed E-state index contributed by atoms with van der Waals surface area (Å²) in [4.78, 5) is 16.1. The first-order valence-electron chi connectivity index (χ1n) is 8.53. The van der Waals surface area contributed by atoms with Gasteiger partial charge in [-0.15, -0.1) is 0 Å². The lowest BCUT2D eigenvalue weighted by atomic mass is 10.3. The largest absolute Gasteiger partial charge is 0.334 e. The molecule has 0 aliphatic heterocycles. The summed E-state index contributed by atoms with van der Waals surface area (Å²) in [5, 5.41) is 4.49. The van der Waals surface area contributed by atoms with Crippen LogP contribution < -0.4 is 10.6 Å². The van der Waals surface area contributed by atoms with Crippen LogP contribution in [0.3, 0.4) is 0 Å². The van der Waals surface area contributed by atoms with Crippen LogP contribution in [0.15, 0.2) is 90.9 Å². The summed E-state index contributed by atoms with van der Waals surface area (Å²) in [5.41, 5.74) is 1.36. The predicted molar refractivity (Wildman–Crippen MR) is 107 cm³/mol. The van der Waals surface area contributed by atoms with Gasteiger partial charge >= 0.3 is 6.03 Å². The standard InChI is InChI=1S/C20H20N4O3S/c1-2-19(24-12-3-4-13-24)28(26,27)18-9-7-17(8-10-18)23-20(25)22-15-16-6-5-11-21-14-16/h2-14,19H,1,15H2,(H2,22,23,25). The molecule has 28 heavy (non-hydrogen) atoms. The number of hydrogen-bond donors (Lipinski definition) is 2. The molecule has 2 amide bonds. The maximum absolute atomic E-state index is 12.9. The average molecular weight is 396 g/mol. The lowest BCUT2D eigenvalue weighted by Crippen LogP contribution is -2.28. The number of nitrogens with zero attached hydrogens (tertiary/aromatic N) is 2. The zero-order valence-electron chi connectivity index (χ0n) is 15.0. The summed E-state index contributed by atoms with van der Waals surface area (Å²) >= 11 is 0. The Balaban J connectivity index is 1.65. The van der Waals surface area contributed by atoms with Crippen molar-refractivity contribution < 1.29 is 13.2 Å². The van der Waals surface area contributed by atoms with Crippen LogP contribution in [0.5, 0.6) is 0 Å². The minimum absolute atomic E-state index is 0.146. The first-order valence-corrected chi connectivity index (χ1v) is 10.1. The maximum atomic E-state index is 12.9. The summed E-state index contributed by atoms with van der Waals surface area (Å²) in [6.45, 7) is 3.98. The van der Waals surface area contributed by atoms with E-state index in [-0.39, 0.29) is 4.90 Å². The number of benzene rings is 1. The number of sulfone groups is 1. The third-order valence-electron chi connectivity index (χ3n) is 4.06. The molecule has 8 heteroatoms. The maximum Gasteiger partial charge on any atom is 0.319 e. The van der Waals surface area contributed by atoms with E-state index in [9.17, 15) is 13.2 Å². The van der Waals surface area contributed by atoms with Crippen molar-refractivity contribution in [3.05, 3.63) is 91.5 Å². The van der Waals surface area contributed by atoms with Crippen LogP contribution in [0.2, 0.25) is 0 Å². The summed E-state index contributed by atoms with van der Waals surface area (Å²) in [5.74, 6) is 0. The van der Waals surface area contributed by atoms with E-state index in [1.165, 1.54) is 18.2 Å². The van der Waals surface area contributed by atoms with Gasteiger partial charge in [0.2, 0.25) is 9.84 Å². The van der Waals surface area contributed by atoms with Crippen LogP contribution in [-0.2, 0) is 16.4 Å². The number of pyridine rings is 1. The van der Waals surface area contributed by atoms with E-state index in [0.717, 1.165) is 5.56 Å². The van der Waals surface area contributed by atoms with Crippen LogP contribution in [0, 0.1) is 0 Å². The second-order valence-electron chi connectivity index (χ2n) is 5.99. The van der Waals surface area contributed by atoms with Gasteiger partial charge in [0.15, 0.2) is 5.37 Å². The normalized spacial score (nSPS) is 12.1. The van der Waals surface area contributed by atoms with Crippen LogP contribution in [0.25, 0.3) is 0 Å². The van der Waals surface area contributed by atoms with Gasteiger partial charge in [0.1, 0.15) is 0 Å². The van der Waals surface area contributed by atoms with Crippen LogP contribution in [-0.4, -0.2) is 24.0 Å². The lowest BCUT2D eigenvalue weighted by Gasteiger charge is -2.16. The summed E-state index contributed by atoms with van der Waals surface area (Å²) in [6, 6.07) is 12.8. The Bertz CT molecular complexity index is 1030. The number of aromatic nitrogens is 2. The number of carbonyl (C=O) groups is 1. The van der Waals surface area contributed by atoms with Crippen molar-refractivity contribution in [2.45, 2.75) is 16.8 Å². The minimum atomic E-state index is -3.66. The summed E-state index contributed by atoms with van der Waals surface area (Å²) in [7, 11) is -3.66. The predicted octanol–water partition coefficient (Wildman–Crippen LogP) is 3.36. The Morgan fingerprint density at radius 3 is 2.46 bits per heavy atom. The van der Waals surface area contributed by atoms with Crippen LogP contribution in [0.4, 0.5) is 10.5 Å². The van der Waals surface area contributed by atoms with Gasteiger partial charge in [-0.25, -0.2) is 13.2 Å². The highest BCUT2D eigenvalue weighted by Crippen LogP contribution is 2.26. The Morgan fingerprint density at radius 1 is 1.14 bits per heavy atom. The molecule has 0 spiro atoms. The van der Waals surface area contributed by atoms with E-state index < -0.39 is 21.2 Å². The van der Waals surface area contributed by atoms with Gasteiger partial charge < -0.3 is 15.2 Å². The lowest BCUT2D eigenvalue weighted by molar-refractivity contribution is 0.251. The molecule has 0 fully saturated rings. The molecule has 3 aromatic rings. The van der Waals surface area contributed by atoms with E-state index in [0.29, 0.717) is 12.2 Å². The quantitative estimate of drug-likeness (QED) is 0.599. The van der Waals surface area contributed by atoms with Crippen molar-refractivity contribution in [1.29, 1.82) is 0 Å². The molecular weight excluding hydrogens is 376 g/mol. The first-order chi connectivity index (χ1) is 13.5. The van der Waals surface area contributed by atoms with Crippen molar-refractivity contribution in [3.63, 3.8) is 0 Å². The third-order valence-corrected chi connectivity index (χ3v) is 6.06. The molecule has 0 saturated carbocycles. The summed E-state index contributed by atoms with van der Waals surface area (Å²) in [6.07, 6.45) is 8.05. The Kier molecular flexibility index (Phi) is 5.90. The molecule has 2 heterocycles. The van der Waals surface area contributed by atoms with Gasteiger partial charge in [-0.3, -0.25) is 4.98 Å². The van der Waals surface area contributed by atoms with Crippen molar-refractivity contribution >= 4 is 21.6 Å². The minimum Gasteiger partial charge on any atom is -0.334 e. The number of urea groups is 1. The highest BCUT2D eigenvalue weighted by Gasteiger charge is 2.25. The van der Waals surface area contributed by atoms with Gasteiger partial charge in [-0.1, -0.05) is 18.7 Å². The van der Waals surface area contributed by atoms with E-state index in [1.807, 2.05) is 6.07 Å². The zero-order valence-corrected chi connectivity index (χ0v) is 15.8. The molecule has 0 saturated heterocycles. The van der Waals surface area contributed by atoms with Gasteiger partial charge in [-0.2, -0.15) is 0 Å². The molecule has 0 radical (unpaired) electrons. The third kappa shape index (κ3) is 4.47. The summed E-state index contributed by atoms with van der Waals surface area (Å²) < 4.78 is 27.3. The molecule has 0 aliphatic carbocycles. The molecule has 0 aliphatic rings. The van der Waals surface area contributed by atoms with Crippen LogP contribution >= 0.6 is 0 Å². The topological polar surface area (TPSA) is 93.1 Å². The second kappa shape index (κ2) is 8.53. The molecule has 7 nitrogen and oxygen atoms in total. The number of anilines is 1. The van der Waals surface area contributed by atoms with Crippen LogP contribution in [0.1, 0.15) is 10.9 Å². The second-order valence-corrected chi connectivity index (χ2v) is 8.04.